The standard InChI is InChI=1S/C38H45ClN8O7/c1-8-47(29-12-10-9-11-27(29)43-36(52)54-38(5,6)7)33(50)22-13-14-26(39)28(20-22)42-31(48)25-19-23-21-40-34(45-30(23)44-32(25)49)46-17-15-24(16-18-46)41-35(51)53-37(2,3)4/h9-14,19-21,24H,8,15-18H2,1-7H3,(H,41,51)(H,42,48)(H,43,52)(H,40,44,45,49). The maximum absolute atomic E-state index is 13.8. The van der Waals surface area contributed by atoms with Crippen LogP contribution in [0.15, 0.2) is 59.5 Å². The van der Waals surface area contributed by atoms with Crippen LogP contribution in [-0.2, 0) is 9.47 Å². The first-order valence-electron chi connectivity index (χ1n) is 17.6. The highest BCUT2D eigenvalue weighted by atomic mass is 35.5. The van der Waals surface area contributed by atoms with Crippen LogP contribution in [0, 0.1) is 0 Å². The molecule has 16 heteroatoms. The summed E-state index contributed by atoms with van der Waals surface area (Å²) in [6.45, 7) is 13.9. The van der Waals surface area contributed by atoms with E-state index in [4.69, 9.17) is 21.1 Å². The molecule has 0 spiro atoms. The summed E-state index contributed by atoms with van der Waals surface area (Å²) >= 11 is 6.44. The molecule has 0 radical (unpaired) electrons. The van der Waals surface area contributed by atoms with E-state index in [9.17, 15) is 24.0 Å². The number of ether oxygens (including phenoxy) is 2. The van der Waals surface area contributed by atoms with E-state index >= 15 is 0 Å². The largest absolute Gasteiger partial charge is 0.444 e. The van der Waals surface area contributed by atoms with Crippen molar-refractivity contribution in [1.82, 2.24) is 20.3 Å². The number of hydrogen-bond acceptors (Lipinski definition) is 10. The highest BCUT2D eigenvalue weighted by molar-refractivity contribution is 6.34. The lowest BCUT2D eigenvalue weighted by Crippen LogP contribution is -2.46. The highest BCUT2D eigenvalue weighted by Gasteiger charge is 2.26. The van der Waals surface area contributed by atoms with Crippen LogP contribution in [0.2, 0.25) is 5.02 Å². The predicted molar refractivity (Wildman–Crippen MR) is 208 cm³/mol. The van der Waals surface area contributed by atoms with Gasteiger partial charge in [0.1, 0.15) is 22.4 Å². The first-order chi connectivity index (χ1) is 25.4. The number of hydrogen-bond donors (Lipinski definition) is 4. The van der Waals surface area contributed by atoms with E-state index < -0.39 is 40.8 Å². The molecule has 0 atom stereocenters. The minimum Gasteiger partial charge on any atom is -0.444 e. The van der Waals surface area contributed by atoms with Gasteiger partial charge in [-0.05, 0) is 97.7 Å². The molecular formula is C38H45ClN8O7. The Morgan fingerprint density at radius 1 is 0.926 bits per heavy atom. The summed E-state index contributed by atoms with van der Waals surface area (Å²) in [6, 6.07) is 12.6. The molecule has 0 unspecified atom stereocenters. The van der Waals surface area contributed by atoms with Crippen molar-refractivity contribution in [2.45, 2.75) is 78.6 Å². The first-order valence-corrected chi connectivity index (χ1v) is 17.9. The molecule has 0 bridgehead atoms. The Labute approximate surface area is 317 Å². The molecule has 5 rings (SSSR count). The third-order valence-corrected chi connectivity index (χ3v) is 8.51. The van der Waals surface area contributed by atoms with Crippen molar-refractivity contribution in [1.29, 1.82) is 0 Å². The van der Waals surface area contributed by atoms with Gasteiger partial charge in [0.05, 0.1) is 22.1 Å². The fourth-order valence-corrected chi connectivity index (χ4v) is 5.92. The van der Waals surface area contributed by atoms with E-state index in [1.165, 1.54) is 35.4 Å². The van der Waals surface area contributed by atoms with Gasteiger partial charge in [0.15, 0.2) is 0 Å². The average molecular weight is 761 g/mol. The van der Waals surface area contributed by atoms with E-state index in [0.29, 0.717) is 48.6 Å². The maximum atomic E-state index is 13.8. The summed E-state index contributed by atoms with van der Waals surface area (Å²) in [5.41, 5.74) is -0.837. The van der Waals surface area contributed by atoms with Gasteiger partial charge in [0.2, 0.25) is 5.95 Å². The van der Waals surface area contributed by atoms with Crippen LogP contribution in [-0.4, -0.2) is 75.8 Å². The molecule has 0 aliphatic carbocycles. The van der Waals surface area contributed by atoms with Gasteiger partial charge >= 0.3 is 12.2 Å². The van der Waals surface area contributed by atoms with E-state index in [1.807, 2.05) is 25.7 Å². The summed E-state index contributed by atoms with van der Waals surface area (Å²) < 4.78 is 10.7. The predicted octanol–water partition coefficient (Wildman–Crippen LogP) is 6.73. The molecule has 2 aromatic heterocycles. The third-order valence-electron chi connectivity index (χ3n) is 8.18. The van der Waals surface area contributed by atoms with Crippen LogP contribution >= 0.6 is 11.6 Å². The molecule has 1 aliphatic rings. The number of piperidine rings is 1. The fourth-order valence-electron chi connectivity index (χ4n) is 5.75. The topological polar surface area (TPSA) is 188 Å². The van der Waals surface area contributed by atoms with Crippen molar-refractivity contribution >= 4 is 69.6 Å². The third kappa shape index (κ3) is 10.0. The Bertz CT molecular complexity index is 2120. The van der Waals surface area contributed by atoms with Crippen LogP contribution in [0.3, 0.4) is 0 Å². The number of H-pyrrole nitrogens is 1. The van der Waals surface area contributed by atoms with E-state index in [0.717, 1.165) is 0 Å². The van der Waals surface area contributed by atoms with Gasteiger partial charge in [0, 0.05) is 42.8 Å². The average Bonchev–Trinajstić information content (AvgIpc) is 3.08. The summed E-state index contributed by atoms with van der Waals surface area (Å²) in [5, 5.41) is 8.84. The van der Waals surface area contributed by atoms with Gasteiger partial charge in [-0.2, -0.15) is 4.98 Å². The molecule has 0 saturated carbocycles. The van der Waals surface area contributed by atoms with Crippen molar-refractivity contribution in [2.75, 3.05) is 40.1 Å². The lowest BCUT2D eigenvalue weighted by molar-refractivity contribution is 0.0496. The smallest absolute Gasteiger partial charge is 0.412 e. The molecular weight excluding hydrogens is 716 g/mol. The monoisotopic (exact) mass is 760 g/mol. The molecule has 1 fully saturated rings. The van der Waals surface area contributed by atoms with Gasteiger partial charge in [-0.3, -0.25) is 19.7 Å². The van der Waals surface area contributed by atoms with E-state index in [1.54, 1.807) is 52.0 Å². The first kappa shape index (κ1) is 39.5. The summed E-state index contributed by atoms with van der Waals surface area (Å²) in [5.74, 6) is -0.778. The molecule has 3 heterocycles. The van der Waals surface area contributed by atoms with Crippen molar-refractivity contribution in [2.24, 2.45) is 0 Å². The quantitative estimate of drug-likeness (QED) is 0.150. The Kier molecular flexibility index (Phi) is 11.8. The molecule has 1 saturated heterocycles. The van der Waals surface area contributed by atoms with E-state index in [-0.39, 0.29) is 40.1 Å². The second-order valence-corrected chi connectivity index (χ2v) is 15.1. The Hall–Kier alpha value is -5.70. The maximum Gasteiger partial charge on any atom is 0.412 e. The number of alkyl carbamates (subject to hydrolysis) is 1. The SMILES string of the molecule is CCN(C(=O)c1ccc(Cl)c(NC(=O)c2cc3cnc(N4CCC(NC(=O)OC(C)(C)C)CC4)nc3[nH]c2=O)c1)c1ccccc1NC(=O)OC(C)(C)C. The molecule has 15 nitrogen and oxygen atoms in total. The van der Waals surface area contributed by atoms with Gasteiger partial charge < -0.3 is 34.9 Å². The van der Waals surface area contributed by atoms with Crippen LogP contribution < -0.4 is 31.3 Å². The summed E-state index contributed by atoms with van der Waals surface area (Å²) in [6.07, 6.45) is 1.70. The minimum atomic E-state index is -0.757. The van der Waals surface area contributed by atoms with Crippen molar-refractivity contribution in [3.63, 3.8) is 0 Å². The van der Waals surface area contributed by atoms with Crippen LogP contribution in [0.25, 0.3) is 11.0 Å². The van der Waals surface area contributed by atoms with Crippen molar-refractivity contribution in [3.05, 3.63) is 81.2 Å². The number of carbonyl (C=O) groups excluding carboxylic acids is 4. The molecule has 4 aromatic rings. The number of nitrogens with one attached hydrogen (secondary N) is 4. The molecule has 4 amide bonds. The van der Waals surface area contributed by atoms with Crippen LogP contribution in [0.4, 0.5) is 32.6 Å². The second kappa shape index (κ2) is 16.1. The molecule has 286 valence electrons. The number of para-hydroxylation sites is 2. The van der Waals surface area contributed by atoms with Gasteiger partial charge in [-0.15, -0.1) is 0 Å². The molecule has 4 N–H and O–H groups in total. The number of aromatic nitrogens is 3. The fraction of sp³-hybridized carbons (Fsp3) is 0.395. The number of nitrogens with zero attached hydrogens (tertiary/aromatic N) is 4. The number of rotatable bonds is 8. The zero-order valence-electron chi connectivity index (χ0n) is 31.3. The van der Waals surface area contributed by atoms with Crippen LogP contribution in [0.5, 0.6) is 0 Å². The number of aromatic amines is 1. The van der Waals surface area contributed by atoms with Gasteiger partial charge in [-0.1, -0.05) is 23.7 Å². The summed E-state index contributed by atoms with van der Waals surface area (Å²) in [4.78, 5) is 80.2. The second-order valence-electron chi connectivity index (χ2n) is 14.7. The number of amides is 4. The van der Waals surface area contributed by atoms with Crippen molar-refractivity contribution in [3.8, 4) is 0 Å². The number of pyridine rings is 1. The lowest BCUT2D eigenvalue weighted by Gasteiger charge is -2.32. The molecule has 54 heavy (non-hydrogen) atoms. The highest BCUT2D eigenvalue weighted by Crippen LogP contribution is 2.30. The number of halogens is 1. The number of anilines is 4. The molecule has 1 aliphatic heterocycles. The Morgan fingerprint density at radius 3 is 2.26 bits per heavy atom. The van der Waals surface area contributed by atoms with E-state index in [2.05, 4.69) is 30.9 Å². The summed E-state index contributed by atoms with van der Waals surface area (Å²) in [7, 11) is 0. The number of fused-ring (bicyclic) bond motifs is 1. The zero-order chi connectivity index (χ0) is 39.4. The molecule has 2 aromatic carbocycles. The minimum absolute atomic E-state index is 0.0554. The number of carbonyl (C=O) groups is 4. The van der Waals surface area contributed by atoms with Gasteiger partial charge in [0.25, 0.3) is 17.4 Å². The lowest BCUT2D eigenvalue weighted by atomic mass is 10.1. The normalized spacial score (nSPS) is 13.6. The zero-order valence-corrected chi connectivity index (χ0v) is 32.1. The van der Waals surface area contributed by atoms with Gasteiger partial charge in [-0.25, -0.2) is 14.6 Å². The number of benzene rings is 2. The van der Waals surface area contributed by atoms with Crippen LogP contribution in [0.1, 0.15) is 82.0 Å². The van der Waals surface area contributed by atoms with Crippen molar-refractivity contribution < 1.29 is 28.7 Å². The Balaban J connectivity index is 1.28. The Morgan fingerprint density at radius 2 is 1.59 bits per heavy atom.